The summed E-state index contributed by atoms with van der Waals surface area (Å²) < 4.78 is 5.36. The molecule has 0 saturated carbocycles. The average Bonchev–Trinajstić information content (AvgIpc) is 3.20. The van der Waals surface area contributed by atoms with Gasteiger partial charge in [-0.1, -0.05) is 6.07 Å². The van der Waals surface area contributed by atoms with Crippen molar-refractivity contribution in [2.45, 2.75) is 20.0 Å². The van der Waals surface area contributed by atoms with E-state index in [2.05, 4.69) is 9.97 Å². The summed E-state index contributed by atoms with van der Waals surface area (Å²) in [6.07, 6.45) is 4.72. The lowest BCUT2D eigenvalue weighted by molar-refractivity contribution is 0.0713. The molecule has 0 unspecified atom stereocenters. The summed E-state index contributed by atoms with van der Waals surface area (Å²) in [6, 6.07) is 7.65. The SMILES string of the molecule is Cc1cnc(C(=O)N(Cc2ccco2)Cc2cccs2)cn1. The second kappa shape index (κ2) is 6.53. The minimum atomic E-state index is -0.155. The number of amides is 1. The Hall–Kier alpha value is -2.47. The van der Waals surface area contributed by atoms with E-state index in [9.17, 15) is 4.79 Å². The molecule has 0 aliphatic rings. The molecule has 0 radical (unpaired) electrons. The van der Waals surface area contributed by atoms with Crippen molar-refractivity contribution < 1.29 is 9.21 Å². The van der Waals surface area contributed by atoms with E-state index in [1.165, 1.54) is 6.20 Å². The van der Waals surface area contributed by atoms with E-state index in [0.717, 1.165) is 16.3 Å². The molecule has 0 N–H and O–H groups in total. The largest absolute Gasteiger partial charge is 0.467 e. The second-order valence-corrected chi connectivity index (χ2v) is 5.90. The van der Waals surface area contributed by atoms with Crippen LogP contribution in [-0.2, 0) is 13.1 Å². The van der Waals surface area contributed by atoms with E-state index in [1.54, 1.807) is 28.7 Å². The number of carbonyl (C=O) groups excluding carboxylic acids is 1. The molecule has 0 aliphatic carbocycles. The average molecular weight is 313 g/mol. The molecular weight excluding hydrogens is 298 g/mol. The molecule has 112 valence electrons. The van der Waals surface area contributed by atoms with Gasteiger partial charge in [-0.15, -0.1) is 11.3 Å². The molecular formula is C16H15N3O2S. The van der Waals surface area contributed by atoms with Gasteiger partial charge in [0, 0.05) is 11.1 Å². The smallest absolute Gasteiger partial charge is 0.274 e. The number of furan rings is 1. The fourth-order valence-corrected chi connectivity index (χ4v) is 2.77. The molecule has 6 heteroatoms. The lowest BCUT2D eigenvalue weighted by atomic mass is 10.3. The standard InChI is InChI=1S/C16H15N3O2S/c1-12-8-18-15(9-17-12)16(20)19(10-13-4-2-6-21-13)11-14-5-3-7-22-14/h2-9H,10-11H2,1H3. The third-order valence-electron chi connectivity index (χ3n) is 3.14. The molecule has 0 aliphatic heterocycles. The molecule has 0 atom stereocenters. The van der Waals surface area contributed by atoms with Gasteiger partial charge in [0.15, 0.2) is 0 Å². The Labute approximate surface area is 132 Å². The first kappa shape index (κ1) is 14.5. The lowest BCUT2D eigenvalue weighted by Gasteiger charge is -2.20. The van der Waals surface area contributed by atoms with Crippen LogP contribution in [0.5, 0.6) is 0 Å². The number of aromatic nitrogens is 2. The van der Waals surface area contributed by atoms with Crippen LogP contribution in [0.1, 0.15) is 26.8 Å². The van der Waals surface area contributed by atoms with Crippen molar-refractivity contribution in [3.63, 3.8) is 0 Å². The van der Waals surface area contributed by atoms with Crippen molar-refractivity contribution in [1.82, 2.24) is 14.9 Å². The van der Waals surface area contributed by atoms with Crippen LogP contribution in [0.2, 0.25) is 0 Å². The first-order valence-corrected chi connectivity index (χ1v) is 7.73. The van der Waals surface area contributed by atoms with Gasteiger partial charge in [0.1, 0.15) is 11.5 Å². The van der Waals surface area contributed by atoms with Crippen LogP contribution in [0, 0.1) is 6.92 Å². The minimum absolute atomic E-state index is 0.155. The summed E-state index contributed by atoms with van der Waals surface area (Å²) in [6.45, 7) is 2.76. The first-order valence-electron chi connectivity index (χ1n) is 6.85. The van der Waals surface area contributed by atoms with Gasteiger partial charge in [0.25, 0.3) is 5.91 Å². The van der Waals surface area contributed by atoms with Crippen molar-refractivity contribution in [2.24, 2.45) is 0 Å². The van der Waals surface area contributed by atoms with Crippen molar-refractivity contribution in [3.05, 3.63) is 70.3 Å². The summed E-state index contributed by atoms with van der Waals surface area (Å²) >= 11 is 1.62. The van der Waals surface area contributed by atoms with Gasteiger partial charge in [-0.25, -0.2) is 4.98 Å². The second-order valence-electron chi connectivity index (χ2n) is 4.86. The fraction of sp³-hybridized carbons (Fsp3) is 0.188. The molecule has 0 saturated heterocycles. The number of nitrogens with zero attached hydrogens (tertiary/aromatic N) is 3. The van der Waals surface area contributed by atoms with Crippen LogP contribution in [0.25, 0.3) is 0 Å². The van der Waals surface area contributed by atoms with E-state index in [1.807, 2.05) is 36.6 Å². The van der Waals surface area contributed by atoms with Gasteiger partial charge in [-0.05, 0) is 30.5 Å². The monoisotopic (exact) mass is 313 g/mol. The number of rotatable bonds is 5. The van der Waals surface area contributed by atoms with Gasteiger partial charge in [0.2, 0.25) is 0 Å². The highest BCUT2D eigenvalue weighted by Gasteiger charge is 2.19. The normalized spacial score (nSPS) is 10.6. The van der Waals surface area contributed by atoms with Crippen LogP contribution < -0.4 is 0 Å². The first-order chi connectivity index (χ1) is 10.7. The summed E-state index contributed by atoms with van der Waals surface area (Å²) in [4.78, 5) is 23.8. The molecule has 3 heterocycles. The predicted octanol–water partition coefficient (Wildman–Crippen LogP) is 3.28. The molecule has 0 spiro atoms. The number of hydrogen-bond donors (Lipinski definition) is 0. The zero-order valence-electron chi connectivity index (χ0n) is 12.1. The van der Waals surface area contributed by atoms with E-state index in [4.69, 9.17) is 4.42 Å². The van der Waals surface area contributed by atoms with E-state index < -0.39 is 0 Å². The number of hydrogen-bond acceptors (Lipinski definition) is 5. The highest BCUT2D eigenvalue weighted by Crippen LogP contribution is 2.16. The number of carbonyl (C=O) groups is 1. The van der Waals surface area contributed by atoms with Crippen LogP contribution in [0.4, 0.5) is 0 Å². The Kier molecular flexibility index (Phi) is 4.29. The lowest BCUT2D eigenvalue weighted by Crippen LogP contribution is -2.30. The maximum Gasteiger partial charge on any atom is 0.274 e. The van der Waals surface area contributed by atoms with Gasteiger partial charge in [0.05, 0.1) is 31.2 Å². The van der Waals surface area contributed by atoms with Crippen LogP contribution >= 0.6 is 11.3 Å². The molecule has 5 nitrogen and oxygen atoms in total. The molecule has 0 fully saturated rings. The topological polar surface area (TPSA) is 59.2 Å². The van der Waals surface area contributed by atoms with E-state index in [-0.39, 0.29) is 5.91 Å². The maximum absolute atomic E-state index is 12.7. The number of thiophene rings is 1. The number of aryl methyl sites for hydroxylation is 1. The van der Waals surface area contributed by atoms with E-state index >= 15 is 0 Å². The molecule has 3 aromatic heterocycles. The summed E-state index contributed by atoms with van der Waals surface area (Å²) in [7, 11) is 0. The zero-order chi connectivity index (χ0) is 15.4. The van der Waals surface area contributed by atoms with Crippen molar-refractivity contribution in [3.8, 4) is 0 Å². The summed E-state index contributed by atoms with van der Waals surface area (Å²) in [5.41, 5.74) is 1.13. The molecule has 22 heavy (non-hydrogen) atoms. The van der Waals surface area contributed by atoms with Gasteiger partial charge in [-0.2, -0.15) is 0 Å². The zero-order valence-corrected chi connectivity index (χ0v) is 12.9. The molecule has 0 aromatic carbocycles. The Morgan fingerprint density at radius 2 is 2.14 bits per heavy atom. The fourth-order valence-electron chi connectivity index (χ4n) is 2.05. The molecule has 1 amide bonds. The Balaban J connectivity index is 1.83. The minimum Gasteiger partial charge on any atom is -0.467 e. The maximum atomic E-state index is 12.7. The predicted molar refractivity (Wildman–Crippen MR) is 83.4 cm³/mol. The van der Waals surface area contributed by atoms with Gasteiger partial charge >= 0.3 is 0 Å². The van der Waals surface area contributed by atoms with Gasteiger partial charge in [-0.3, -0.25) is 9.78 Å². The third-order valence-corrected chi connectivity index (χ3v) is 4.00. The Morgan fingerprint density at radius 3 is 2.77 bits per heavy atom. The quantitative estimate of drug-likeness (QED) is 0.725. The third kappa shape index (κ3) is 3.40. The summed E-state index contributed by atoms with van der Waals surface area (Å²) in [5.74, 6) is 0.585. The highest BCUT2D eigenvalue weighted by molar-refractivity contribution is 7.09. The Bertz CT molecular complexity index is 685. The van der Waals surface area contributed by atoms with Crippen molar-refractivity contribution >= 4 is 17.2 Å². The van der Waals surface area contributed by atoms with Gasteiger partial charge < -0.3 is 9.32 Å². The van der Waals surface area contributed by atoms with Crippen LogP contribution in [0.3, 0.4) is 0 Å². The molecule has 3 rings (SSSR count). The van der Waals surface area contributed by atoms with Crippen molar-refractivity contribution in [2.75, 3.05) is 0 Å². The molecule has 3 aromatic rings. The van der Waals surface area contributed by atoms with Crippen LogP contribution in [-0.4, -0.2) is 20.8 Å². The Morgan fingerprint density at radius 1 is 1.23 bits per heavy atom. The van der Waals surface area contributed by atoms with Crippen molar-refractivity contribution in [1.29, 1.82) is 0 Å². The summed E-state index contributed by atoms with van der Waals surface area (Å²) in [5, 5.41) is 2.00. The molecule has 0 bridgehead atoms. The highest BCUT2D eigenvalue weighted by atomic mass is 32.1. The van der Waals surface area contributed by atoms with Crippen LogP contribution in [0.15, 0.2) is 52.7 Å². The van der Waals surface area contributed by atoms with E-state index in [0.29, 0.717) is 18.8 Å².